The molecular weight excluding hydrogens is 405 g/mol. The van der Waals surface area contributed by atoms with Crippen molar-refractivity contribution in [3.8, 4) is 5.75 Å². The molecular formula is C16H22IN5O. The number of anilines is 2. The third kappa shape index (κ3) is 5.93. The van der Waals surface area contributed by atoms with Gasteiger partial charge in [0.25, 0.3) is 0 Å². The minimum atomic E-state index is 0. The number of halogens is 1. The molecule has 0 unspecified atom stereocenters. The molecule has 0 aliphatic heterocycles. The maximum atomic E-state index is 5.90. The number of aliphatic imine (C=N–C) groups is 1. The van der Waals surface area contributed by atoms with Gasteiger partial charge in [-0.25, -0.2) is 9.98 Å². The number of nitrogens with one attached hydrogen (secondary N) is 1. The molecule has 0 saturated carbocycles. The molecule has 0 aliphatic carbocycles. The maximum Gasteiger partial charge on any atom is 0.193 e. The largest absolute Gasteiger partial charge is 0.497 e. The van der Waals surface area contributed by atoms with Crippen molar-refractivity contribution in [3.63, 3.8) is 0 Å². The Morgan fingerprint density at radius 1 is 1.26 bits per heavy atom. The van der Waals surface area contributed by atoms with E-state index in [0.29, 0.717) is 12.5 Å². The topological polar surface area (TPSA) is 75.8 Å². The van der Waals surface area contributed by atoms with Gasteiger partial charge in [0.15, 0.2) is 5.96 Å². The molecule has 124 valence electrons. The monoisotopic (exact) mass is 427 g/mol. The summed E-state index contributed by atoms with van der Waals surface area (Å²) in [5.74, 6) is 2.00. The molecule has 2 aromatic rings. The first-order chi connectivity index (χ1) is 10.6. The third-order valence-corrected chi connectivity index (χ3v) is 3.00. The molecule has 2 rings (SSSR count). The smallest absolute Gasteiger partial charge is 0.193 e. The predicted molar refractivity (Wildman–Crippen MR) is 106 cm³/mol. The molecule has 1 aromatic heterocycles. The lowest BCUT2D eigenvalue weighted by molar-refractivity contribution is 0.415. The zero-order chi connectivity index (χ0) is 15.9. The highest BCUT2D eigenvalue weighted by Gasteiger charge is 2.00. The van der Waals surface area contributed by atoms with E-state index in [-0.39, 0.29) is 24.0 Å². The van der Waals surface area contributed by atoms with Gasteiger partial charge in [-0.05, 0) is 24.3 Å². The van der Waals surface area contributed by atoms with Gasteiger partial charge in [0.2, 0.25) is 0 Å². The summed E-state index contributed by atoms with van der Waals surface area (Å²) in [6.07, 6.45) is 0. The molecule has 0 atom stereocenters. The quantitative estimate of drug-likeness (QED) is 0.436. The molecule has 1 heterocycles. The van der Waals surface area contributed by atoms with Gasteiger partial charge in [0.05, 0.1) is 19.3 Å². The van der Waals surface area contributed by atoms with E-state index < -0.39 is 0 Å². The normalized spacial score (nSPS) is 10.7. The Balaban J connectivity index is 0.00000264. The highest BCUT2D eigenvalue weighted by atomic mass is 127. The van der Waals surface area contributed by atoms with Crippen LogP contribution in [-0.2, 0) is 6.54 Å². The first kappa shape index (κ1) is 19.0. The number of pyridine rings is 1. The first-order valence-electron chi connectivity index (χ1n) is 6.93. The van der Waals surface area contributed by atoms with Crippen LogP contribution in [0.4, 0.5) is 11.5 Å². The molecule has 7 heteroatoms. The Morgan fingerprint density at radius 3 is 2.70 bits per heavy atom. The zero-order valence-corrected chi connectivity index (χ0v) is 15.8. The standard InChI is InChI=1S/C16H21N5O.HI/c1-21(2)15-9-5-7-13(19-15)11-18-16(17)20-12-6-4-8-14(10-12)22-3;/h4-10H,11H2,1-3H3,(H3,17,18,20);1H. The summed E-state index contributed by atoms with van der Waals surface area (Å²) >= 11 is 0. The second-order valence-corrected chi connectivity index (χ2v) is 4.94. The van der Waals surface area contributed by atoms with Crippen molar-refractivity contribution >= 4 is 41.4 Å². The minimum Gasteiger partial charge on any atom is -0.497 e. The zero-order valence-electron chi connectivity index (χ0n) is 13.5. The van der Waals surface area contributed by atoms with Gasteiger partial charge < -0.3 is 20.7 Å². The van der Waals surface area contributed by atoms with Crippen LogP contribution in [0.25, 0.3) is 0 Å². The summed E-state index contributed by atoms with van der Waals surface area (Å²) in [6.45, 7) is 0.421. The van der Waals surface area contributed by atoms with Crippen LogP contribution in [0.2, 0.25) is 0 Å². The van der Waals surface area contributed by atoms with Gasteiger partial charge in [-0.15, -0.1) is 24.0 Å². The van der Waals surface area contributed by atoms with E-state index in [4.69, 9.17) is 10.5 Å². The van der Waals surface area contributed by atoms with Crippen molar-refractivity contribution in [2.45, 2.75) is 6.54 Å². The lowest BCUT2D eigenvalue weighted by atomic mass is 10.3. The van der Waals surface area contributed by atoms with Gasteiger partial charge >= 0.3 is 0 Å². The molecule has 6 nitrogen and oxygen atoms in total. The van der Waals surface area contributed by atoms with E-state index >= 15 is 0 Å². The Labute approximate surface area is 153 Å². The average molecular weight is 427 g/mol. The molecule has 0 saturated heterocycles. The Kier molecular flexibility index (Phi) is 7.60. The van der Waals surface area contributed by atoms with Crippen LogP contribution in [0.5, 0.6) is 5.75 Å². The summed E-state index contributed by atoms with van der Waals surface area (Å²) < 4.78 is 5.17. The SMILES string of the molecule is COc1cccc(NC(N)=NCc2cccc(N(C)C)n2)c1.I. The Bertz CT molecular complexity index is 660. The van der Waals surface area contributed by atoms with Gasteiger partial charge in [-0.1, -0.05) is 12.1 Å². The lowest BCUT2D eigenvalue weighted by Gasteiger charge is -2.11. The van der Waals surface area contributed by atoms with Gasteiger partial charge in [0, 0.05) is 25.8 Å². The van der Waals surface area contributed by atoms with Crippen molar-refractivity contribution in [1.82, 2.24) is 4.98 Å². The molecule has 0 fully saturated rings. The van der Waals surface area contributed by atoms with Crippen LogP contribution in [0.15, 0.2) is 47.5 Å². The van der Waals surface area contributed by atoms with E-state index in [1.165, 1.54) is 0 Å². The van der Waals surface area contributed by atoms with E-state index in [2.05, 4.69) is 15.3 Å². The molecule has 0 amide bonds. The number of hydrogen-bond donors (Lipinski definition) is 2. The molecule has 0 bridgehead atoms. The van der Waals surface area contributed by atoms with Gasteiger partial charge in [-0.3, -0.25) is 0 Å². The van der Waals surface area contributed by atoms with Crippen LogP contribution in [-0.4, -0.2) is 32.1 Å². The molecule has 3 N–H and O–H groups in total. The molecule has 23 heavy (non-hydrogen) atoms. The van der Waals surface area contributed by atoms with E-state index in [1.807, 2.05) is 61.5 Å². The van der Waals surface area contributed by atoms with Crippen molar-refractivity contribution in [2.75, 3.05) is 31.4 Å². The molecule has 0 spiro atoms. The summed E-state index contributed by atoms with van der Waals surface area (Å²) in [4.78, 5) is 10.8. The van der Waals surface area contributed by atoms with Crippen LogP contribution in [0.1, 0.15) is 5.69 Å². The molecule has 0 radical (unpaired) electrons. The fourth-order valence-corrected chi connectivity index (χ4v) is 1.86. The maximum absolute atomic E-state index is 5.90. The number of nitrogens with two attached hydrogens (primary N) is 1. The second kappa shape index (κ2) is 9.19. The minimum absolute atomic E-state index is 0. The number of hydrogen-bond acceptors (Lipinski definition) is 4. The first-order valence-corrected chi connectivity index (χ1v) is 6.93. The van der Waals surface area contributed by atoms with Crippen LogP contribution < -0.4 is 20.7 Å². The second-order valence-electron chi connectivity index (χ2n) is 4.94. The number of rotatable bonds is 5. The van der Waals surface area contributed by atoms with Crippen molar-refractivity contribution in [1.29, 1.82) is 0 Å². The third-order valence-electron chi connectivity index (χ3n) is 3.00. The van der Waals surface area contributed by atoms with E-state index in [0.717, 1.165) is 22.9 Å². The highest BCUT2D eigenvalue weighted by Crippen LogP contribution is 2.16. The summed E-state index contributed by atoms with van der Waals surface area (Å²) in [6, 6.07) is 13.3. The van der Waals surface area contributed by atoms with Crippen LogP contribution >= 0.6 is 24.0 Å². The lowest BCUT2D eigenvalue weighted by Crippen LogP contribution is -2.22. The van der Waals surface area contributed by atoms with Gasteiger partial charge in [0.1, 0.15) is 11.6 Å². The van der Waals surface area contributed by atoms with Crippen molar-refractivity contribution in [3.05, 3.63) is 48.2 Å². The Morgan fingerprint density at radius 2 is 2.00 bits per heavy atom. The molecule has 0 aliphatic rings. The summed E-state index contributed by atoms with van der Waals surface area (Å²) in [5.41, 5.74) is 7.59. The fraction of sp³-hybridized carbons (Fsp3) is 0.250. The van der Waals surface area contributed by atoms with E-state index in [9.17, 15) is 0 Å². The number of methoxy groups -OCH3 is 1. The number of benzene rings is 1. The van der Waals surface area contributed by atoms with Crippen LogP contribution in [0.3, 0.4) is 0 Å². The van der Waals surface area contributed by atoms with Crippen molar-refractivity contribution < 1.29 is 4.74 Å². The predicted octanol–water partition coefficient (Wildman–Crippen LogP) is 2.70. The summed E-state index contributed by atoms with van der Waals surface area (Å²) in [5, 5.41) is 3.03. The fourth-order valence-electron chi connectivity index (χ4n) is 1.86. The summed E-state index contributed by atoms with van der Waals surface area (Å²) in [7, 11) is 5.53. The number of guanidine groups is 1. The van der Waals surface area contributed by atoms with Crippen molar-refractivity contribution in [2.24, 2.45) is 10.7 Å². The average Bonchev–Trinajstić information content (AvgIpc) is 2.53. The van der Waals surface area contributed by atoms with E-state index in [1.54, 1.807) is 7.11 Å². The van der Waals surface area contributed by atoms with Gasteiger partial charge in [-0.2, -0.15) is 0 Å². The highest BCUT2D eigenvalue weighted by molar-refractivity contribution is 14.0. The molecule has 1 aromatic carbocycles. The van der Waals surface area contributed by atoms with Crippen LogP contribution in [0, 0.1) is 0 Å². The Hall–Kier alpha value is -2.03. The number of aromatic nitrogens is 1. The number of ether oxygens (including phenoxy) is 1. The number of nitrogens with zero attached hydrogens (tertiary/aromatic N) is 3.